The van der Waals surface area contributed by atoms with Crippen LogP contribution in [-0.4, -0.2) is 26.8 Å². The maximum absolute atomic E-state index is 12.8. The van der Waals surface area contributed by atoms with Gasteiger partial charge in [0.2, 0.25) is 0 Å². The van der Waals surface area contributed by atoms with E-state index in [1.165, 1.54) is 11.3 Å². The molecule has 118 valence electrons. The van der Waals surface area contributed by atoms with Crippen LogP contribution in [0.2, 0.25) is 0 Å². The van der Waals surface area contributed by atoms with Crippen molar-refractivity contribution in [2.45, 2.75) is 52.6 Å². The minimum Gasteiger partial charge on any atom is -0.330 e. The molecule has 1 atom stereocenters. The predicted molar refractivity (Wildman–Crippen MR) is 90.1 cm³/mol. The summed E-state index contributed by atoms with van der Waals surface area (Å²) in [5.74, 6) is 0.359. The molecule has 0 fully saturated rings. The van der Waals surface area contributed by atoms with E-state index in [1.54, 1.807) is 12.4 Å². The number of hydrogen-bond donors (Lipinski definition) is 0. The molecule has 2 heterocycles. The third kappa shape index (κ3) is 3.91. The molecular weight excluding hydrogens is 294 g/mol. The number of thiazole rings is 1. The zero-order valence-electron chi connectivity index (χ0n) is 13.6. The molecule has 0 aliphatic heterocycles. The van der Waals surface area contributed by atoms with Gasteiger partial charge in [-0.1, -0.05) is 20.8 Å². The minimum atomic E-state index is 0.0167. The van der Waals surface area contributed by atoms with E-state index in [4.69, 9.17) is 0 Å². The monoisotopic (exact) mass is 317 g/mol. The molecule has 0 spiro atoms. The van der Waals surface area contributed by atoms with E-state index in [0.29, 0.717) is 17.5 Å². The van der Waals surface area contributed by atoms with Crippen LogP contribution in [0.4, 0.5) is 0 Å². The fourth-order valence-electron chi connectivity index (χ4n) is 2.11. The second kappa shape index (κ2) is 7.49. The van der Waals surface area contributed by atoms with Crippen LogP contribution in [0.15, 0.2) is 29.9 Å². The van der Waals surface area contributed by atoms with Crippen molar-refractivity contribution in [2.75, 3.05) is 0 Å². The highest BCUT2D eigenvalue weighted by molar-refractivity contribution is 7.11. The SMILES string of the molecule is CC[C@H](C)N(Cc1ccncc1)C(=O)c1nc(C(C)C)cs1. The van der Waals surface area contributed by atoms with Crippen molar-refractivity contribution in [3.8, 4) is 0 Å². The van der Waals surface area contributed by atoms with Gasteiger partial charge >= 0.3 is 0 Å². The first-order valence-electron chi connectivity index (χ1n) is 7.68. The molecule has 0 radical (unpaired) electrons. The molecule has 2 aromatic rings. The molecule has 2 aromatic heterocycles. The van der Waals surface area contributed by atoms with E-state index in [1.807, 2.05) is 22.4 Å². The Balaban J connectivity index is 2.22. The molecule has 0 unspecified atom stereocenters. The van der Waals surface area contributed by atoms with Crippen molar-refractivity contribution >= 4 is 17.2 Å². The van der Waals surface area contributed by atoms with E-state index in [9.17, 15) is 4.79 Å². The molecule has 0 aliphatic carbocycles. The second-order valence-corrected chi connectivity index (χ2v) is 6.64. The molecule has 2 rings (SSSR count). The molecule has 0 aromatic carbocycles. The number of rotatable bonds is 6. The zero-order chi connectivity index (χ0) is 16.1. The summed E-state index contributed by atoms with van der Waals surface area (Å²) in [5.41, 5.74) is 2.07. The van der Waals surface area contributed by atoms with Gasteiger partial charge in [-0.15, -0.1) is 11.3 Å². The fraction of sp³-hybridized carbons (Fsp3) is 0.471. The standard InChI is InChI=1S/C17H23N3OS/c1-5-13(4)20(10-14-6-8-18-9-7-14)17(21)16-19-15(11-22-16)12(2)3/h6-9,11-13H,5,10H2,1-4H3/t13-/m0/s1. The molecule has 0 N–H and O–H groups in total. The molecule has 5 heteroatoms. The third-order valence-electron chi connectivity index (χ3n) is 3.78. The average molecular weight is 317 g/mol. The first-order valence-corrected chi connectivity index (χ1v) is 8.56. The Hall–Kier alpha value is -1.75. The van der Waals surface area contributed by atoms with E-state index < -0.39 is 0 Å². The van der Waals surface area contributed by atoms with Gasteiger partial charge in [-0.05, 0) is 37.0 Å². The first kappa shape index (κ1) is 16.6. The highest BCUT2D eigenvalue weighted by atomic mass is 32.1. The van der Waals surface area contributed by atoms with Crippen molar-refractivity contribution < 1.29 is 4.79 Å². The molecule has 0 saturated carbocycles. The summed E-state index contributed by atoms with van der Waals surface area (Å²) in [7, 11) is 0. The van der Waals surface area contributed by atoms with Crippen LogP contribution in [0.3, 0.4) is 0 Å². The van der Waals surface area contributed by atoms with Gasteiger partial charge in [-0.3, -0.25) is 9.78 Å². The lowest BCUT2D eigenvalue weighted by molar-refractivity contribution is 0.0671. The lowest BCUT2D eigenvalue weighted by Gasteiger charge is -2.28. The van der Waals surface area contributed by atoms with E-state index >= 15 is 0 Å². The van der Waals surface area contributed by atoms with Gasteiger partial charge in [0, 0.05) is 30.4 Å². The van der Waals surface area contributed by atoms with Crippen molar-refractivity contribution in [1.82, 2.24) is 14.9 Å². The molecular formula is C17H23N3OS. The predicted octanol–water partition coefficient (Wildman–Crippen LogP) is 4.10. The van der Waals surface area contributed by atoms with Crippen LogP contribution in [0.1, 0.15) is 61.1 Å². The Morgan fingerprint density at radius 1 is 1.27 bits per heavy atom. The van der Waals surface area contributed by atoms with Gasteiger partial charge in [0.25, 0.3) is 5.91 Å². The van der Waals surface area contributed by atoms with Crippen molar-refractivity contribution in [3.63, 3.8) is 0 Å². The zero-order valence-corrected chi connectivity index (χ0v) is 14.4. The molecule has 4 nitrogen and oxygen atoms in total. The van der Waals surface area contributed by atoms with Crippen LogP contribution in [0, 0.1) is 0 Å². The largest absolute Gasteiger partial charge is 0.330 e. The van der Waals surface area contributed by atoms with Crippen LogP contribution >= 0.6 is 11.3 Å². The Morgan fingerprint density at radius 2 is 1.95 bits per heavy atom. The van der Waals surface area contributed by atoms with E-state index in [0.717, 1.165) is 17.7 Å². The van der Waals surface area contributed by atoms with Crippen LogP contribution in [0.25, 0.3) is 0 Å². The minimum absolute atomic E-state index is 0.0167. The number of pyridine rings is 1. The van der Waals surface area contributed by atoms with Crippen LogP contribution in [0.5, 0.6) is 0 Å². The number of carbonyl (C=O) groups is 1. The maximum atomic E-state index is 12.8. The Morgan fingerprint density at radius 3 is 2.50 bits per heavy atom. The summed E-state index contributed by atoms with van der Waals surface area (Å²) < 4.78 is 0. The molecule has 0 aliphatic rings. The first-order chi connectivity index (χ1) is 10.5. The smallest absolute Gasteiger partial charge is 0.283 e. The van der Waals surface area contributed by atoms with Crippen molar-refractivity contribution in [1.29, 1.82) is 0 Å². The molecule has 0 bridgehead atoms. The van der Waals surface area contributed by atoms with Gasteiger partial charge in [0.15, 0.2) is 5.01 Å². The maximum Gasteiger partial charge on any atom is 0.283 e. The van der Waals surface area contributed by atoms with Crippen molar-refractivity contribution in [3.05, 3.63) is 46.2 Å². The number of nitrogens with zero attached hydrogens (tertiary/aromatic N) is 3. The lowest BCUT2D eigenvalue weighted by atomic mass is 10.1. The van der Waals surface area contributed by atoms with Gasteiger partial charge in [0.05, 0.1) is 5.69 Å². The lowest BCUT2D eigenvalue weighted by Crippen LogP contribution is -2.37. The summed E-state index contributed by atoms with van der Waals surface area (Å²) in [6.07, 6.45) is 4.43. The van der Waals surface area contributed by atoms with Gasteiger partial charge in [0.1, 0.15) is 0 Å². The Bertz CT molecular complexity index is 609. The van der Waals surface area contributed by atoms with E-state index in [2.05, 4.69) is 37.7 Å². The van der Waals surface area contributed by atoms with Crippen LogP contribution in [-0.2, 0) is 6.54 Å². The topological polar surface area (TPSA) is 46.1 Å². The van der Waals surface area contributed by atoms with Gasteiger partial charge in [-0.25, -0.2) is 4.98 Å². The average Bonchev–Trinajstić information content (AvgIpc) is 3.02. The third-order valence-corrected chi connectivity index (χ3v) is 4.63. The molecule has 22 heavy (non-hydrogen) atoms. The highest BCUT2D eigenvalue weighted by Gasteiger charge is 2.23. The Kier molecular flexibility index (Phi) is 5.66. The number of carbonyl (C=O) groups excluding carboxylic acids is 1. The Labute approximate surface area is 136 Å². The number of amides is 1. The van der Waals surface area contributed by atoms with Gasteiger partial charge in [-0.2, -0.15) is 0 Å². The highest BCUT2D eigenvalue weighted by Crippen LogP contribution is 2.21. The fourth-order valence-corrected chi connectivity index (χ4v) is 3.04. The quantitative estimate of drug-likeness (QED) is 0.805. The summed E-state index contributed by atoms with van der Waals surface area (Å²) in [6, 6.07) is 4.07. The van der Waals surface area contributed by atoms with E-state index in [-0.39, 0.29) is 11.9 Å². The summed E-state index contributed by atoms with van der Waals surface area (Å²) in [4.78, 5) is 23.3. The van der Waals surface area contributed by atoms with Crippen molar-refractivity contribution in [2.24, 2.45) is 0 Å². The number of aromatic nitrogens is 2. The van der Waals surface area contributed by atoms with Gasteiger partial charge < -0.3 is 4.90 Å². The number of hydrogen-bond acceptors (Lipinski definition) is 4. The second-order valence-electron chi connectivity index (χ2n) is 5.78. The molecule has 0 saturated heterocycles. The summed E-state index contributed by atoms with van der Waals surface area (Å²) in [6.45, 7) is 8.95. The summed E-state index contributed by atoms with van der Waals surface area (Å²) in [5, 5.41) is 2.57. The molecule has 1 amide bonds. The summed E-state index contributed by atoms with van der Waals surface area (Å²) >= 11 is 1.44. The normalized spacial score (nSPS) is 12.4. The van der Waals surface area contributed by atoms with Crippen LogP contribution < -0.4 is 0 Å².